The number of morpholine rings is 1. The van der Waals surface area contributed by atoms with Crippen LogP contribution >= 0.6 is 0 Å². The molecule has 0 radical (unpaired) electrons. The normalized spacial score (nSPS) is 17.8. The van der Waals surface area contributed by atoms with Crippen LogP contribution in [0.4, 0.5) is 5.82 Å². The fourth-order valence-electron chi connectivity index (χ4n) is 3.45. The maximum Gasteiger partial charge on any atom is 0.162 e. The smallest absolute Gasteiger partial charge is 0.162 e. The van der Waals surface area contributed by atoms with Crippen LogP contribution in [0.15, 0.2) is 54.6 Å². The number of benzene rings is 2. The van der Waals surface area contributed by atoms with E-state index in [0.717, 1.165) is 54.3 Å². The highest BCUT2D eigenvalue weighted by molar-refractivity contribution is 5.91. The molecule has 0 spiro atoms. The van der Waals surface area contributed by atoms with Crippen molar-refractivity contribution in [2.75, 3.05) is 45.2 Å². The molecule has 1 unspecified atom stereocenters. The zero-order chi connectivity index (χ0) is 17.9. The van der Waals surface area contributed by atoms with Gasteiger partial charge in [0, 0.05) is 30.6 Å². The second kappa shape index (κ2) is 7.40. The molecule has 3 aromatic rings. The van der Waals surface area contributed by atoms with Crippen molar-refractivity contribution in [1.29, 1.82) is 0 Å². The molecule has 0 bridgehead atoms. The van der Waals surface area contributed by atoms with Crippen molar-refractivity contribution in [2.24, 2.45) is 0 Å². The standard InChI is InChI=1S/C21H24N4O/c1-24(2)14-17-15-25(12-13-26-17)21-18-10-6-7-11-19(18)22-20(23-21)16-8-4-3-5-9-16/h3-11,17H,12-15H2,1-2H3. The first-order valence-electron chi connectivity index (χ1n) is 9.04. The van der Waals surface area contributed by atoms with E-state index in [-0.39, 0.29) is 6.10 Å². The SMILES string of the molecule is CN(C)CC1CN(c2nc(-c3ccccc3)nc3ccccc23)CCO1. The van der Waals surface area contributed by atoms with Crippen LogP contribution in [0.1, 0.15) is 0 Å². The third-order valence-corrected chi connectivity index (χ3v) is 4.62. The second-order valence-corrected chi connectivity index (χ2v) is 6.96. The minimum atomic E-state index is 0.188. The third kappa shape index (κ3) is 3.54. The monoisotopic (exact) mass is 348 g/mol. The molecule has 26 heavy (non-hydrogen) atoms. The molecule has 134 valence electrons. The Morgan fingerprint density at radius 3 is 2.62 bits per heavy atom. The Morgan fingerprint density at radius 2 is 1.81 bits per heavy atom. The summed E-state index contributed by atoms with van der Waals surface area (Å²) in [6, 6.07) is 18.4. The number of para-hydroxylation sites is 1. The van der Waals surface area contributed by atoms with Gasteiger partial charge in [0.05, 0.1) is 18.2 Å². The van der Waals surface area contributed by atoms with E-state index in [0.29, 0.717) is 0 Å². The average Bonchev–Trinajstić information content (AvgIpc) is 2.67. The van der Waals surface area contributed by atoms with E-state index in [1.165, 1.54) is 0 Å². The van der Waals surface area contributed by atoms with Crippen molar-refractivity contribution < 1.29 is 4.74 Å². The predicted octanol–water partition coefficient (Wildman–Crippen LogP) is 3.06. The highest BCUT2D eigenvalue weighted by Gasteiger charge is 2.24. The number of hydrogen-bond acceptors (Lipinski definition) is 5. The van der Waals surface area contributed by atoms with Crippen molar-refractivity contribution >= 4 is 16.7 Å². The van der Waals surface area contributed by atoms with Gasteiger partial charge in [0.25, 0.3) is 0 Å². The van der Waals surface area contributed by atoms with Gasteiger partial charge in [-0.2, -0.15) is 0 Å². The van der Waals surface area contributed by atoms with E-state index in [1.807, 2.05) is 24.3 Å². The number of fused-ring (bicyclic) bond motifs is 1. The minimum absolute atomic E-state index is 0.188. The number of rotatable bonds is 4. The Morgan fingerprint density at radius 1 is 1.04 bits per heavy atom. The van der Waals surface area contributed by atoms with Gasteiger partial charge in [0.1, 0.15) is 5.82 Å². The predicted molar refractivity (Wildman–Crippen MR) is 105 cm³/mol. The van der Waals surface area contributed by atoms with Crippen LogP contribution in [-0.2, 0) is 4.74 Å². The Labute approximate surface area is 154 Å². The summed E-state index contributed by atoms with van der Waals surface area (Å²) >= 11 is 0. The summed E-state index contributed by atoms with van der Waals surface area (Å²) in [7, 11) is 4.16. The molecule has 1 fully saturated rings. The van der Waals surface area contributed by atoms with E-state index >= 15 is 0 Å². The molecule has 1 aliphatic heterocycles. The van der Waals surface area contributed by atoms with Crippen LogP contribution in [-0.4, -0.2) is 61.3 Å². The summed E-state index contributed by atoms with van der Waals surface area (Å²) in [6.45, 7) is 3.31. The first-order chi connectivity index (χ1) is 12.7. The molecular weight excluding hydrogens is 324 g/mol. The average molecular weight is 348 g/mol. The van der Waals surface area contributed by atoms with E-state index in [4.69, 9.17) is 14.7 Å². The first kappa shape index (κ1) is 16.9. The zero-order valence-corrected chi connectivity index (χ0v) is 15.3. The molecule has 2 heterocycles. The van der Waals surface area contributed by atoms with Crippen molar-refractivity contribution in [2.45, 2.75) is 6.10 Å². The lowest BCUT2D eigenvalue weighted by molar-refractivity contribution is 0.0246. The summed E-state index contributed by atoms with van der Waals surface area (Å²) in [5.74, 6) is 1.77. The Bertz CT molecular complexity index is 882. The fraction of sp³-hybridized carbons (Fsp3) is 0.333. The highest BCUT2D eigenvalue weighted by atomic mass is 16.5. The number of anilines is 1. The number of ether oxygens (including phenoxy) is 1. The maximum atomic E-state index is 5.94. The van der Waals surface area contributed by atoms with Crippen molar-refractivity contribution in [1.82, 2.24) is 14.9 Å². The van der Waals surface area contributed by atoms with Gasteiger partial charge in [-0.1, -0.05) is 42.5 Å². The summed E-state index contributed by atoms with van der Waals surface area (Å²) in [5, 5.41) is 1.10. The number of likely N-dealkylation sites (N-methyl/N-ethyl adjacent to an activating group) is 1. The lowest BCUT2D eigenvalue weighted by atomic mass is 10.1. The molecule has 0 N–H and O–H groups in total. The van der Waals surface area contributed by atoms with Gasteiger partial charge in [0.15, 0.2) is 5.82 Å². The van der Waals surface area contributed by atoms with Gasteiger partial charge in [-0.25, -0.2) is 9.97 Å². The largest absolute Gasteiger partial charge is 0.373 e. The van der Waals surface area contributed by atoms with Gasteiger partial charge < -0.3 is 14.5 Å². The number of nitrogens with zero attached hydrogens (tertiary/aromatic N) is 4. The molecule has 2 aromatic carbocycles. The summed E-state index contributed by atoms with van der Waals surface area (Å²) in [4.78, 5) is 14.3. The van der Waals surface area contributed by atoms with Crippen LogP contribution in [0.25, 0.3) is 22.3 Å². The van der Waals surface area contributed by atoms with Crippen LogP contribution in [0, 0.1) is 0 Å². The van der Waals surface area contributed by atoms with Gasteiger partial charge in [-0.05, 0) is 26.2 Å². The molecule has 0 aliphatic carbocycles. The Hall–Kier alpha value is -2.50. The van der Waals surface area contributed by atoms with E-state index in [9.17, 15) is 0 Å². The van der Waals surface area contributed by atoms with E-state index in [2.05, 4.69) is 54.2 Å². The summed E-state index contributed by atoms with van der Waals surface area (Å²) in [5.41, 5.74) is 2.02. The van der Waals surface area contributed by atoms with E-state index < -0.39 is 0 Å². The van der Waals surface area contributed by atoms with Gasteiger partial charge in [-0.3, -0.25) is 0 Å². The molecular formula is C21H24N4O. The summed E-state index contributed by atoms with van der Waals surface area (Å²) in [6.07, 6.45) is 0.188. The van der Waals surface area contributed by atoms with Crippen molar-refractivity contribution in [3.05, 3.63) is 54.6 Å². The maximum absolute atomic E-state index is 5.94. The minimum Gasteiger partial charge on any atom is -0.373 e. The number of aromatic nitrogens is 2. The molecule has 5 heteroatoms. The summed E-state index contributed by atoms with van der Waals surface area (Å²) < 4.78 is 5.94. The van der Waals surface area contributed by atoms with Crippen LogP contribution in [0.5, 0.6) is 0 Å². The van der Waals surface area contributed by atoms with Gasteiger partial charge >= 0.3 is 0 Å². The molecule has 5 nitrogen and oxygen atoms in total. The number of hydrogen-bond donors (Lipinski definition) is 0. The third-order valence-electron chi connectivity index (χ3n) is 4.62. The van der Waals surface area contributed by atoms with Crippen LogP contribution in [0.3, 0.4) is 0 Å². The molecule has 0 saturated carbocycles. The van der Waals surface area contributed by atoms with Crippen molar-refractivity contribution in [3.63, 3.8) is 0 Å². The van der Waals surface area contributed by atoms with E-state index in [1.54, 1.807) is 0 Å². The van der Waals surface area contributed by atoms with Gasteiger partial charge in [-0.15, -0.1) is 0 Å². The van der Waals surface area contributed by atoms with Gasteiger partial charge in [0.2, 0.25) is 0 Å². The second-order valence-electron chi connectivity index (χ2n) is 6.96. The highest BCUT2D eigenvalue weighted by Crippen LogP contribution is 2.28. The van der Waals surface area contributed by atoms with Crippen molar-refractivity contribution in [3.8, 4) is 11.4 Å². The zero-order valence-electron chi connectivity index (χ0n) is 15.3. The topological polar surface area (TPSA) is 41.5 Å². The Balaban J connectivity index is 1.75. The fourth-order valence-corrected chi connectivity index (χ4v) is 3.45. The lowest BCUT2D eigenvalue weighted by Crippen LogP contribution is -2.46. The quantitative estimate of drug-likeness (QED) is 0.725. The molecule has 1 atom stereocenters. The molecule has 0 amide bonds. The molecule has 4 rings (SSSR count). The molecule has 1 aromatic heterocycles. The Kier molecular flexibility index (Phi) is 4.82. The van der Waals surface area contributed by atoms with Crippen LogP contribution in [0.2, 0.25) is 0 Å². The lowest BCUT2D eigenvalue weighted by Gasteiger charge is -2.35. The van der Waals surface area contributed by atoms with Crippen LogP contribution < -0.4 is 4.90 Å². The first-order valence-corrected chi connectivity index (χ1v) is 9.04. The molecule has 1 aliphatic rings. The molecule has 1 saturated heterocycles.